The molecular weight excluding hydrogens is 384 g/mol. The van der Waals surface area contributed by atoms with E-state index < -0.39 is 18.5 Å². The van der Waals surface area contributed by atoms with E-state index in [2.05, 4.69) is 10.1 Å². The Kier molecular flexibility index (Phi) is 7.36. The van der Waals surface area contributed by atoms with Gasteiger partial charge in [-0.3, -0.25) is 9.59 Å². The van der Waals surface area contributed by atoms with Crippen LogP contribution in [0.25, 0.3) is 0 Å². The molecule has 0 radical (unpaired) electrons. The summed E-state index contributed by atoms with van der Waals surface area (Å²) in [4.78, 5) is 23.8. The van der Waals surface area contributed by atoms with E-state index >= 15 is 0 Å². The van der Waals surface area contributed by atoms with Gasteiger partial charge in [-0.15, -0.1) is 0 Å². The van der Waals surface area contributed by atoms with Crippen molar-refractivity contribution in [3.63, 3.8) is 0 Å². The molecule has 0 saturated heterocycles. The smallest absolute Gasteiger partial charge is 0.387 e. The van der Waals surface area contributed by atoms with Crippen molar-refractivity contribution in [2.75, 3.05) is 13.7 Å². The Bertz CT molecular complexity index is 799. The number of halogens is 3. The summed E-state index contributed by atoms with van der Waals surface area (Å²) < 4.78 is 38.8. The van der Waals surface area contributed by atoms with Gasteiger partial charge in [0.25, 0.3) is 5.91 Å². The highest BCUT2D eigenvalue weighted by Gasteiger charge is 2.15. The van der Waals surface area contributed by atoms with Crippen LogP contribution < -0.4 is 14.8 Å². The minimum absolute atomic E-state index is 0.0340. The highest BCUT2D eigenvalue weighted by atomic mass is 35.5. The molecule has 9 heteroatoms. The summed E-state index contributed by atoms with van der Waals surface area (Å²) in [5.74, 6) is -1.47. The summed E-state index contributed by atoms with van der Waals surface area (Å²) in [5.41, 5.74) is 0.859. The van der Waals surface area contributed by atoms with Crippen LogP contribution in [0.5, 0.6) is 11.5 Å². The number of carbonyl (C=O) groups excluding carboxylic acids is 2. The van der Waals surface area contributed by atoms with Crippen LogP contribution in [0.4, 0.5) is 8.78 Å². The van der Waals surface area contributed by atoms with Crippen molar-refractivity contribution >= 4 is 23.5 Å². The molecule has 27 heavy (non-hydrogen) atoms. The van der Waals surface area contributed by atoms with Crippen molar-refractivity contribution in [3.8, 4) is 11.5 Å². The molecule has 2 rings (SSSR count). The average Bonchev–Trinajstić information content (AvgIpc) is 2.65. The largest absolute Gasteiger partial charge is 0.493 e. The van der Waals surface area contributed by atoms with Crippen LogP contribution >= 0.6 is 11.6 Å². The highest BCUT2D eigenvalue weighted by Crippen LogP contribution is 2.29. The first-order chi connectivity index (χ1) is 12.9. The number of alkyl halides is 2. The van der Waals surface area contributed by atoms with Crippen molar-refractivity contribution in [2.45, 2.75) is 13.2 Å². The van der Waals surface area contributed by atoms with Crippen LogP contribution in [0.1, 0.15) is 15.9 Å². The van der Waals surface area contributed by atoms with Gasteiger partial charge in [-0.1, -0.05) is 23.7 Å². The van der Waals surface area contributed by atoms with E-state index in [0.717, 1.165) is 5.56 Å². The van der Waals surface area contributed by atoms with Crippen LogP contribution in [0.15, 0.2) is 42.5 Å². The molecule has 0 aromatic heterocycles. The van der Waals surface area contributed by atoms with Gasteiger partial charge in [0.05, 0.1) is 7.11 Å². The van der Waals surface area contributed by atoms with Gasteiger partial charge in [-0.25, -0.2) is 0 Å². The number of nitrogens with one attached hydrogen (secondary N) is 1. The van der Waals surface area contributed by atoms with Gasteiger partial charge >= 0.3 is 12.6 Å². The van der Waals surface area contributed by atoms with E-state index in [0.29, 0.717) is 5.02 Å². The number of amides is 1. The Morgan fingerprint density at radius 3 is 2.44 bits per heavy atom. The lowest BCUT2D eigenvalue weighted by Crippen LogP contribution is -2.30. The fourth-order valence-corrected chi connectivity index (χ4v) is 2.18. The zero-order valence-electron chi connectivity index (χ0n) is 14.2. The van der Waals surface area contributed by atoms with Gasteiger partial charge in [0, 0.05) is 10.6 Å². The summed E-state index contributed by atoms with van der Waals surface area (Å²) in [6.07, 6.45) is 0. The van der Waals surface area contributed by atoms with E-state index in [4.69, 9.17) is 21.1 Å². The van der Waals surface area contributed by atoms with E-state index in [-0.39, 0.29) is 30.2 Å². The molecule has 0 fully saturated rings. The SMILES string of the molecule is COc1cc(C(=O)NCC(=O)OCc2ccc(Cl)cc2)ccc1OC(F)F. The highest BCUT2D eigenvalue weighted by molar-refractivity contribution is 6.30. The van der Waals surface area contributed by atoms with Gasteiger partial charge in [0.2, 0.25) is 0 Å². The molecule has 2 aromatic carbocycles. The van der Waals surface area contributed by atoms with Crippen LogP contribution in [0.2, 0.25) is 5.02 Å². The van der Waals surface area contributed by atoms with E-state index in [9.17, 15) is 18.4 Å². The molecule has 0 spiro atoms. The Morgan fingerprint density at radius 2 is 1.81 bits per heavy atom. The second kappa shape index (κ2) is 9.72. The average molecular weight is 400 g/mol. The Morgan fingerprint density at radius 1 is 1.11 bits per heavy atom. The molecule has 0 saturated carbocycles. The van der Waals surface area contributed by atoms with E-state index in [1.54, 1.807) is 24.3 Å². The molecule has 2 aromatic rings. The van der Waals surface area contributed by atoms with E-state index in [1.165, 1.54) is 25.3 Å². The molecule has 1 N–H and O–H groups in total. The van der Waals surface area contributed by atoms with Crippen molar-refractivity contribution < 1.29 is 32.6 Å². The first-order valence-corrected chi connectivity index (χ1v) is 8.08. The minimum Gasteiger partial charge on any atom is -0.493 e. The standard InChI is InChI=1S/C18H16ClF2NO5/c1-25-15-8-12(4-7-14(15)27-18(20)21)17(24)22-9-16(23)26-10-11-2-5-13(19)6-3-11/h2-8,18H,9-10H2,1H3,(H,22,24). The number of carbonyl (C=O) groups is 2. The number of methoxy groups -OCH3 is 1. The lowest BCUT2D eigenvalue weighted by atomic mass is 10.2. The summed E-state index contributed by atoms with van der Waals surface area (Å²) in [7, 11) is 1.25. The second-order valence-corrected chi connectivity index (χ2v) is 5.65. The van der Waals surface area contributed by atoms with Crippen molar-refractivity contribution in [1.82, 2.24) is 5.32 Å². The van der Waals surface area contributed by atoms with Gasteiger partial charge in [0.1, 0.15) is 13.2 Å². The number of hydrogen-bond donors (Lipinski definition) is 1. The van der Waals surface area contributed by atoms with Crippen molar-refractivity contribution in [2.24, 2.45) is 0 Å². The maximum absolute atomic E-state index is 12.3. The summed E-state index contributed by atoms with van der Waals surface area (Å²) in [6, 6.07) is 10.4. The lowest BCUT2D eigenvalue weighted by molar-refractivity contribution is -0.143. The molecule has 0 aliphatic carbocycles. The third kappa shape index (κ3) is 6.41. The molecule has 6 nitrogen and oxygen atoms in total. The van der Waals surface area contributed by atoms with Crippen LogP contribution in [-0.2, 0) is 16.1 Å². The summed E-state index contributed by atoms with van der Waals surface area (Å²) >= 11 is 5.76. The quantitative estimate of drug-likeness (QED) is 0.688. The van der Waals surface area contributed by atoms with Crippen LogP contribution in [0.3, 0.4) is 0 Å². The fourth-order valence-electron chi connectivity index (χ4n) is 2.05. The second-order valence-electron chi connectivity index (χ2n) is 5.21. The number of rotatable bonds is 8. The van der Waals surface area contributed by atoms with Crippen molar-refractivity contribution in [1.29, 1.82) is 0 Å². The number of hydrogen-bond acceptors (Lipinski definition) is 5. The third-order valence-corrected chi connectivity index (χ3v) is 3.60. The molecule has 0 atom stereocenters. The molecule has 0 aliphatic heterocycles. The fraction of sp³-hybridized carbons (Fsp3) is 0.222. The number of ether oxygens (including phenoxy) is 3. The lowest BCUT2D eigenvalue weighted by Gasteiger charge is -2.11. The molecule has 0 heterocycles. The first-order valence-electron chi connectivity index (χ1n) is 7.70. The zero-order chi connectivity index (χ0) is 19.8. The topological polar surface area (TPSA) is 73.9 Å². The predicted octanol–water partition coefficient (Wildman–Crippen LogP) is 3.42. The van der Waals surface area contributed by atoms with Gasteiger partial charge in [0.15, 0.2) is 11.5 Å². The maximum atomic E-state index is 12.3. The summed E-state index contributed by atoms with van der Waals surface area (Å²) in [5, 5.41) is 2.94. The van der Waals surface area contributed by atoms with E-state index in [1.807, 2.05) is 0 Å². The van der Waals surface area contributed by atoms with Gasteiger partial charge in [-0.05, 0) is 35.9 Å². The summed E-state index contributed by atoms with van der Waals surface area (Å²) in [6.45, 7) is -3.34. The molecule has 0 bridgehead atoms. The molecule has 1 amide bonds. The maximum Gasteiger partial charge on any atom is 0.387 e. The molecule has 144 valence electrons. The molecule has 0 unspecified atom stereocenters. The third-order valence-electron chi connectivity index (χ3n) is 3.35. The predicted molar refractivity (Wildman–Crippen MR) is 93.2 cm³/mol. The monoisotopic (exact) mass is 399 g/mol. The Labute approximate surface area is 159 Å². The van der Waals surface area contributed by atoms with Crippen molar-refractivity contribution in [3.05, 3.63) is 58.6 Å². The number of benzene rings is 2. The van der Waals surface area contributed by atoms with Gasteiger partial charge in [-0.2, -0.15) is 8.78 Å². The van der Waals surface area contributed by atoms with Crippen LogP contribution in [-0.4, -0.2) is 32.1 Å². The first kappa shape index (κ1) is 20.4. The molecular formula is C18H16ClF2NO5. The number of esters is 1. The molecule has 0 aliphatic rings. The van der Waals surface area contributed by atoms with Gasteiger partial charge < -0.3 is 19.5 Å². The Balaban J connectivity index is 1.87. The normalized spacial score (nSPS) is 10.4. The minimum atomic E-state index is -3.02. The zero-order valence-corrected chi connectivity index (χ0v) is 15.0. The van der Waals surface area contributed by atoms with Crippen LogP contribution in [0, 0.1) is 0 Å². The Hall–Kier alpha value is -2.87.